The zero-order chi connectivity index (χ0) is 14.1. The van der Waals surface area contributed by atoms with Crippen molar-refractivity contribution in [3.63, 3.8) is 0 Å². The third-order valence-corrected chi connectivity index (χ3v) is 3.67. The van der Waals surface area contributed by atoms with Gasteiger partial charge in [0.05, 0.1) is 32.6 Å². The van der Waals surface area contributed by atoms with Crippen molar-refractivity contribution < 1.29 is 0 Å². The third kappa shape index (κ3) is 2.26. The lowest BCUT2D eigenvalue weighted by molar-refractivity contribution is 1.40. The molecule has 0 radical (unpaired) electrons. The molecule has 3 nitrogen and oxygen atoms in total. The molecule has 0 bridgehead atoms. The summed E-state index contributed by atoms with van der Waals surface area (Å²) in [5.41, 5.74) is 8.79. The summed E-state index contributed by atoms with van der Waals surface area (Å²) in [5.74, 6) is 0. The van der Waals surface area contributed by atoms with Crippen LogP contribution in [0.25, 0.3) is 10.9 Å². The van der Waals surface area contributed by atoms with Crippen LogP contribution in [0, 0.1) is 0 Å². The van der Waals surface area contributed by atoms with E-state index >= 15 is 0 Å². The first-order chi connectivity index (χ1) is 9.66. The van der Waals surface area contributed by atoms with Gasteiger partial charge in [0, 0.05) is 11.6 Å². The highest BCUT2D eigenvalue weighted by Gasteiger charge is 2.09. The minimum absolute atomic E-state index is 0.559. The summed E-state index contributed by atoms with van der Waals surface area (Å²) in [4.78, 5) is 4.37. The Balaban J connectivity index is 2.14. The van der Waals surface area contributed by atoms with Crippen LogP contribution in [-0.4, -0.2) is 4.98 Å². The summed E-state index contributed by atoms with van der Waals surface area (Å²) in [5, 5.41) is 5.33. The summed E-state index contributed by atoms with van der Waals surface area (Å²) in [6, 6.07) is 12.8. The highest BCUT2D eigenvalue weighted by Crippen LogP contribution is 2.34. The molecule has 0 aliphatic heterocycles. The highest BCUT2D eigenvalue weighted by molar-refractivity contribution is 6.36. The Morgan fingerprint density at radius 2 is 1.80 bits per heavy atom. The maximum atomic E-state index is 6.18. The lowest BCUT2D eigenvalue weighted by atomic mass is 10.1. The quantitative estimate of drug-likeness (QED) is 0.664. The number of para-hydroxylation sites is 1. The number of benzene rings is 2. The molecule has 0 fully saturated rings. The van der Waals surface area contributed by atoms with E-state index in [0.717, 1.165) is 16.6 Å². The molecule has 3 aromatic rings. The maximum Gasteiger partial charge on any atom is 0.0951 e. The van der Waals surface area contributed by atoms with E-state index < -0.39 is 0 Å². The van der Waals surface area contributed by atoms with Crippen LogP contribution < -0.4 is 11.1 Å². The number of pyridine rings is 1. The molecule has 0 unspecified atom stereocenters. The lowest BCUT2D eigenvalue weighted by Gasteiger charge is -2.13. The standard InChI is InChI=1S/C15H11Cl2N3/c16-10-6-7-13(14-9(10)3-2-8-19-14)20-15-11(17)4-1-5-12(15)18/h1-8,20H,18H2. The highest BCUT2D eigenvalue weighted by atomic mass is 35.5. The maximum absolute atomic E-state index is 6.18. The summed E-state index contributed by atoms with van der Waals surface area (Å²) >= 11 is 12.3. The number of aromatic nitrogens is 1. The molecule has 0 spiro atoms. The molecule has 3 N–H and O–H groups in total. The van der Waals surface area contributed by atoms with Crippen molar-refractivity contribution >= 4 is 51.2 Å². The van der Waals surface area contributed by atoms with Gasteiger partial charge in [0.1, 0.15) is 0 Å². The number of anilines is 3. The van der Waals surface area contributed by atoms with E-state index in [2.05, 4.69) is 10.3 Å². The second-order valence-electron chi connectivity index (χ2n) is 4.32. The number of hydrogen-bond donors (Lipinski definition) is 2. The first kappa shape index (κ1) is 13.0. The molecule has 1 aromatic heterocycles. The van der Waals surface area contributed by atoms with E-state index in [-0.39, 0.29) is 0 Å². The molecule has 0 amide bonds. The van der Waals surface area contributed by atoms with Gasteiger partial charge in [-0.15, -0.1) is 0 Å². The van der Waals surface area contributed by atoms with Crippen molar-refractivity contribution in [2.24, 2.45) is 0 Å². The lowest BCUT2D eigenvalue weighted by Crippen LogP contribution is -1.98. The molecule has 0 aliphatic rings. The molecule has 0 aliphatic carbocycles. The van der Waals surface area contributed by atoms with Gasteiger partial charge in [0.15, 0.2) is 0 Å². The molecule has 100 valence electrons. The van der Waals surface area contributed by atoms with E-state index in [0.29, 0.717) is 21.4 Å². The molecule has 2 aromatic carbocycles. The molecule has 3 rings (SSSR count). The van der Waals surface area contributed by atoms with E-state index in [1.54, 1.807) is 24.4 Å². The monoisotopic (exact) mass is 303 g/mol. The van der Waals surface area contributed by atoms with Crippen molar-refractivity contribution in [3.8, 4) is 0 Å². The molecule has 5 heteroatoms. The van der Waals surface area contributed by atoms with E-state index in [4.69, 9.17) is 28.9 Å². The first-order valence-corrected chi connectivity index (χ1v) is 6.76. The van der Waals surface area contributed by atoms with Crippen LogP contribution in [0.4, 0.5) is 17.1 Å². The van der Waals surface area contributed by atoms with Gasteiger partial charge < -0.3 is 11.1 Å². The Bertz CT molecular complexity index is 767. The van der Waals surface area contributed by atoms with Gasteiger partial charge in [-0.25, -0.2) is 0 Å². The van der Waals surface area contributed by atoms with Crippen LogP contribution in [0.2, 0.25) is 10.0 Å². The van der Waals surface area contributed by atoms with E-state index in [1.165, 1.54) is 0 Å². The Morgan fingerprint density at radius 1 is 0.950 bits per heavy atom. The van der Waals surface area contributed by atoms with Crippen molar-refractivity contribution in [2.45, 2.75) is 0 Å². The molecular formula is C15H11Cl2N3. The average molecular weight is 304 g/mol. The Kier molecular flexibility index (Phi) is 3.38. The van der Waals surface area contributed by atoms with Gasteiger partial charge in [-0.05, 0) is 36.4 Å². The smallest absolute Gasteiger partial charge is 0.0951 e. The minimum Gasteiger partial charge on any atom is -0.397 e. The zero-order valence-corrected chi connectivity index (χ0v) is 11.9. The molecule has 0 saturated heterocycles. The number of nitrogens with two attached hydrogens (primary N) is 1. The van der Waals surface area contributed by atoms with Crippen LogP contribution in [0.1, 0.15) is 0 Å². The fourth-order valence-electron chi connectivity index (χ4n) is 2.05. The minimum atomic E-state index is 0.559. The number of rotatable bonds is 2. The number of hydrogen-bond acceptors (Lipinski definition) is 3. The van der Waals surface area contributed by atoms with Crippen molar-refractivity contribution in [1.82, 2.24) is 4.98 Å². The number of nitrogen functional groups attached to an aromatic ring is 1. The normalized spacial score (nSPS) is 10.7. The topological polar surface area (TPSA) is 50.9 Å². The fraction of sp³-hybridized carbons (Fsp3) is 0. The van der Waals surface area contributed by atoms with Crippen molar-refractivity contribution in [2.75, 3.05) is 11.1 Å². The Hall–Kier alpha value is -1.97. The number of nitrogens with zero attached hydrogens (tertiary/aromatic N) is 1. The van der Waals surface area contributed by atoms with Crippen LogP contribution >= 0.6 is 23.2 Å². The summed E-state index contributed by atoms with van der Waals surface area (Å²) in [7, 11) is 0. The Labute approximate surface area is 126 Å². The van der Waals surface area contributed by atoms with Crippen molar-refractivity contribution in [3.05, 3.63) is 58.7 Å². The Morgan fingerprint density at radius 3 is 2.60 bits per heavy atom. The van der Waals surface area contributed by atoms with Gasteiger partial charge in [-0.2, -0.15) is 0 Å². The fourth-order valence-corrected chi connectivity index (χ4v) is 2.49. The van der Waals surface area contributed by atoms with Gasteiger partial charge in [0.2, 0.25) is 0 Å². The van der Waals surface area contributed by atoms with E-state index in [9.17, 15) is 0 Å². The van der Waals surface area contributed by atoms with Gasteiger partial charge in [0.25, 0.3) is 0 Å². The third-order valence-electron chi connectivity index (χ3n) is 3.02. The second-order valence-corrected chi connectivity index (χ2v) is 5.14. The largest absolute Gasteiger partial charge is 0.397 e. The molecule has 0 saturated carbocycles. The van der Waals surface area contributed by atoms with Gasteiger partial charge in [-0.1, -0.05) is 29.3 Å². The SMILES string of the molecule is Nc1cccc(Cl)c1Nc1ccc(Cl)c2cccnc12. The number of halogens is 2. The van der Waals surface area contributed by atoms with Crippen LogP contribution in [0.3, 0.4) is 0 Å². The summed E-state index contributed by atoms with van der Waals surface area (Å²) in [6.45, 7) is 0. The molecule has 0 atom stereocenters. The summed E-state index contributed by atoms with van der Waals surface area (Å²) < 4.78 is 0. The molecular weight excluding hydrogens is 293 g/mol. The molecule has 20 heavy (non-hydrogen) atoms. The van der Waals surface area contributed by atoms with Gasteiger partial charge in [-0.3, -0.25) is 4.98 Å². The predicted molar refractivity (Wildman–Crippen MR) is 85.9 cm³/mol. The summed E-state index contributed by atoms with van der Waals surface area (Å²) in [6.07, 6.45) is 1.72. The van der Waals surface area contributed by atoms with Crippen LogP contribution in [0.15, 0.2) is 48.7 Å². The van der Waals surface area contributed by atoms with E-state index in [1.807, 2.05) is 24.3 Å². The number of nitrogens with one attached hydrogen (secondary N) is 1. The molecule has 1 heterocycles. The average Bonchev–Trinajstić information content (AvgIpc) is 2.46. The van der Waals surface area contributed by atoms with Crippen molar-refractivity contribution in [1.29, 1.82) is 0 Å². The van der Waals surface area contributed by atoms with Gasteiger partial charge >= 0.3 is 0 Å². The first-order valence-electron chi connectivity index (χ1n) is 6.01. The van der Waals surface area contributed by atoms with Crippen LogP contribution in [0.5, 0.6) is 0 Å². The zero-order valence-electron chi connectivity index (χ0n) is 10.4. The van der Waals surface area contributed by atoms with Crippen LogP contribution in [-0.2, 0) is 0 Å². The predicted octanol–water partition coefficient (Wildman–Crippen LogP) is 4.87. The second kappa shape index (κ2) is 5.19. The number of fused-ring (bicyclic) bond motifs is 1.